The first-order valence-corrected chi connectivity index (χ1v) is 11.6. The molecule has 1 aliphatic heterocycles. The number of ether oxygens (including phenoxy) is 1. The molecule has 0 bridgehead atoms. The average Bonchev–Trinajstić information content (AvgIpc) is 3.57. The molecule has 168 valence electrons. The van der Waals surface area contributed by atoms with Gasteiger partial charge < -0.3 is 19.4 Å². The van der Waals surface area contributed by atoms with Gasteiger partial charge in [0, 0.05) is 30.1 Å². The van der Waals surface area contributed by atoms with Crippen LogP contribution in [0.5, 0.6) is 5.75 Å². The van der Waals surface area contributed by atoms with E-state index in [-0.39, 0.29) is 11.8 Å². The lowest BCUT2D eigenvalue weighted by Gasteiger charge is -2.32. The third kappa shape index (κ3) is 4.73. The van der Waals surface area contributed by atoms with Crippen LogP contribution in [-0.4, -0.2) is 41.1 Å². The molecule has 9 heteroatoms. The van der Waals surface area contributed by atoms with Crippen LogP contribution in [-0.2, 0) is 4.79 Å². The number of benzene rings is 1. The zero-order valence-corrected chi connectivity index (χ0v) is 18.9. The summed E-state index contributed by atoms with van der Waals surface area (Å²) in [6.07, 6.45) is 4.92. The molecule has 33 heavy (non-hydrogen) atoms. The molecule has 1 unspecified atom stereocenters. The number of hydrogen-bond donors (Lipinski definition) is 1. The van der Waals surface area contributed by atoms with E-state index >= 15 is 0 Å². The van der Waals surface area contributed by atoms with Crippen molar-refractivity contribution >= 4 is 28.2 Å². The minimum atomic E-state index is -0.144. The molecule has 1 atom stereocenters. The highest BCUT2D eigenvalue weighted by Gasteiger charge is 2.27. The molecule has 0 radical (unpaired) electrons. The molecule has 1 aliphatic rings. The van der Waals surface area contributed by atoms with Gasteiger partial charge in [-0.05, 0) is 49.2 Å². The van der Waals surface area contributed by atoms with Gasteiger partial charge in [0.2, 0.25) is 5.91 Å². The van der Waals surface area contributed by atoms with E-state index in [1.807, 2.05) is 47.8 Å². The Balaban J connectivity index is 1.26. The zero-order chi connectivity index (χ0) is 22.6. The summed E-state index contributed by atoms with van der Waals surface area (Å²) in [5.41, 5.74) is 2.54. The van der Waals surface area contributed by atoms with E-state index in [1.54, 1.807) is 19.7 Å². The topological polar surface area (TPSA) is 93.4 Å². The van der Waals surface area contributed by atoms with Gasteiger partial charge in [0.25, 0.3) is 0 Å². The number of carbonyl (C=O) groups excluding carboxylic acids is 1. The summed E-state index contributed by atoms with van der Waals surface area (Å²) in [4.78, 5) is 28.5. The molecule has 4 aromatic rings. The van der Waals surface area contributed by atoms with Gasteiger partial charge in [0.05, 0.1) is 25.0 Å². The second kappa shape index (κ2) is 9.41. The van der Waals surface area contributed by atoms with Gasteiger partial charge in [-0.15, -0.1) is 11.3 Å². The molecule has 1 amide bonds. The lowest BCUT2D eigenvalue weighted by atomic mass is 9.97. The first kappa shape index (κ1) is 21.1. The van der Waals surface area contributed by atoms with E-state index < -0.39 is 0 Å². The summed E-state index contributed by atoms with van der Waals surface area (Å²) in [5, 5.41) is 5.42. The minimum absolute atomic E-state index is 0.0236. The second-order valence-corrected chi connectivity index (χ2v) is 8.64. The maximum absolute atomic E-state index is 12.9. The van der Waals surface area contributed by atoms with Gasteiger partial charge >= 0.3 is 0 Å². The summed E-state index contributed by atoms with van der Waals surface area (Å²) in [5.74, 6) is 2.14. The SMILES string of the molecule is COc1ccc(-c2cc(N3CCCC(C(=O)Nc4nc(-c5ccco5)cs4)C3)ncn2)cc1. The number of methoxy groups -OCH3 is 1. The first-order chi connectivity index (χ1) is 16.2. The van der Waals surface area contributed by atoms with Crippen LogP contribution in [0.2, 0.25) is 0 Å². The van der Waals surface area contributed by atoms with Crippen LogP contribution >= 0.6 is 11.3 Å². The molecule has 5 rings (SSSR count). The molecule has 1 fully saturated rings. The van der Waals surface area contributed by atoms with Crippen molar-refractivity contribution in [1.29, 1.82) is 0 Å². The Bertz CT molecular complexity index is 1220. The van der Waals surface area contributed by atoms with Crippen molar-refractivity contribution in [3.63, 3.8) is 0 Å². The monoisotopic (exact) mass is 461 g/mol. The largest absolute Gasteiger partial charge is 0.497 e. The van der Waals surface area contributed by atoms with Crippen molar-refractivity contribution in [2.24, 2.45) is 5.92 Å². The smallest absolute Gasteiger partial charge is 0.231 e. The molecule has 1 N–H and O–H groups in total. The van der Waals surface area contributed by atoms with Crippen molar-refractivity contribution in [1.82, 2.24) is 15.0 Å². The van der Waals surface area contributed by atoms with Crippen LogP contribution in [0.25, 0.3) is 22.7 Å². The number of nitrogens with one attached hydrogen (secondary N) is 1. The third-order valence-corrected chi connectivity index (χ3v) is 6.42. The number of anilines is 2. The number of piperidine rings is 1. The first-order valence-electron chi connectivity index (χ1n) is 10.7. The number of amides is 1. The summed E-state index contributed by atoms with van der Waals surface area (Å²) in [6, 6.07) is 13.4. The predicted molar refractivity (Wildman–Crippen MR) is 127 cm³/mol. The minimum Gasteiger partial charge on any atom is -0.497 e. The van der Waals surface area contributed by atoms with E-state index in [2.05, 4.69) is 25.2 Å². The molecular formula is C24H23N5O3S. The fourth-order valence-corrected chi connectivity index (χ4v) is 4.62. The highest BCUT2D eigenvalue weighted by atomic mass is 32.1. The van der Waals surface area contributed by atoms with Crippen LogP contribution in [0.15, 0.2) is 64.9 Å². The Morgan fingerprint density at radius 1 is 1.21 bits per heavy atom. The lowest BCUT2D eigenvalue weighted by molar-refractivity contribution is -0.120. The maximum atomic E-state index is 12.9. The molecule has 0 saturated carbocycles. The fourth-order valence-electron chi connectivity index (χ4n) is 3.91. The summed E-state index contributed by atoms with van der Waals surface area (Å²) in [7, 11) is 1.65. The Morgan fingerprint density at radius 2 is 2.09 bits per heavy atom. The molecule has 8 nitrogen and oxygen atoms in total. The van der Waals surface area contributed by atoms with E-state index in [0.29, 0.717) is 17.4 Å². The summed E-state index contributed by atoms with van der Waals surface area (Å²) < 4.78 is 10.6. The molecule has 1 aromatic carbocycles. The van der Waals surface area contributed by atoms with Crippen LogP contribution in [0, 0.1) is 5.92 Å². The van der Waals surface area contributed by atoms with Crippen LogP contribution in [0.4, 0.5) is 10.9 Å². The summed E-state index contributed by atoms with van der Waals surface area (Å²) >= 11 is 1.39. The van der Waals surface area contributed by atoms with Crippen molar-refractivity contribution in [3.05, 3.63) is 60.4 Å². The average molecular weight is 462 g/mol. The number of carbonyl (C=O) groups is 1. The zero-order valence-electron chi connectivity index (χ0n) is 18.1. The van der Waals surface area contributed by atoms with Gasteiger partial charge in [-0.3, -0.25) is 4.79 Å². The van der Waals surface area contributed by atoms with Crippen molar-refractivity contribution in [2.75, 3.05) is 30.4 Å². The normalized spacial score (nSPS) is 15.9. The number of nitrogens with zero attached hydrogens (tertiary/aromatic N) is 4. The highest BCUT2D eigenvalue weighted by Crippen LogP contribution is 2.28. The number of thiazole rings is 1. The molecule has 4 heterocycles. The third-order valence-electron chi connectivity index (χ3n) is 5.66. The maximum Gasteiger partial charge on any atom is 0.231 e. The Labute approximate surface area is 195 Å². The Morgan fingerprint density at radius 3 is 2.88 bits per heavy atom. The summed E-state index contributed by atoms with van der Waals surface area (Å²) in [6.45, 7) is 1.45. The number of rotatable bonds is 6. The van der Waals surface area contributed by atoms with Gasteiger partial charge in [0.1, 0.15) is 23.6 Å². The van der Waals surface area contributed by atoms with Crippen LogP contribution in [0.1, 0.15) is 12.8 Å². The second-order valence-electron chi connectivity index (χ2n) is 7.78. The van der Waals surface area contributed by atoms with Gasteiger partial charge in [-0.1, -0.05) is 0 Å². The highest BCUT2D eigenvalue weighted by molar-refractivity contribution is 7.14. The van der Waals surface area contributed by atoms with E-state index in [9.17, 15) is 4.79 Å². The molecule has 0 aliphatic carbocycles. The van der Waals surface area contributed by atoms with Crippen molar-refractivity contribution < 1.29 is 13.9 Å². The van der Waals surface area contributed by atoms with Gasteiger partial charge in [0.15, 0.2) is 10.9 Å². The van der Waals surface area contributed by atoms with E-state index in [1.165, 1.54) is 11.3 Å². The molecule has 1 saturated heterocycles. The van der Waals surface area contributed by atoms with Crippen LogP contribution in [0.3, 0.4) is 0 Å². The standard InChI is InChI=1S/C24H23N5O3S/c1-31-18-8-6-16(7-9-18)19-12-22(26-15-25-19)29-10-2-4-17(13-29)23(30)28-24-27-20(14-33-24)21-5-3-11-32-21/h3,5-9,11-12,14-15,17H,2,4,10,13H2,1H3,(H,27,28,30). The van der Waals surface area contributed by atoms with Crippen molar-refractivity contribution in [3.8, 4) is 28.5 Å². The number of hydrogen-bond acceptors (Lipinski definition) is 8. The number of aromatic nitrogens is 3. The lowest BCUT2D eigenvalue weighted by Crippen LogP contribution is -2.41. The van der Waals surface area contributed by atoms with Crippen LogP contribution < -0.4 is 15.0 Å². The molecular weight excluding hydrogens is 438 g/mol. The molecule has 3 aromatic heterocycles. The predicted octanol–water partition coefficient (Wildman–Crippen LogP) is 4.72. The number of furan rings is 1. The van der Waals surface area contributed by atoms with Gasteiger partial charge in [-0.25, -0.2) is 15.0 Å². The van der Waals surface area contributed by atoms with Gasteiger partial charge in [-0.2, -0.15) is 0 Å². The Kier molecular flexibility index (Phi) is 6.03. The van der Waals surface area contributed by atoms with E-state index in [0.717, 1.165) is 47.9 Å². The Hall–Kier alpha value is -3.72. The molecule has 0 spiro atoms. The fraction of sp³-hybridized carbons (Fsp3) is 0.250. The van der Waals surface area contributed by atoms with Crippen molar-refractivity contribution in [2.45, 2.75) is 12.8 Å². The quantitative estimate of drug-likeness (QED) is 0.444. The van der Waals surface area contributed by atoms with E-state index in [4.69, 9.17) is 9.15 Å².